The van der Waals surface area contributed by atoms with Crippen LogP contribution in [0.2, 0.25) is 0 Å². The van der Waals surface area contributed by atoms with Crippen LogP contribution in [0.15, 0.2) is 21.8 Å². The van der Waals surface area contributed by atoms with Crippen molar-refractivity contribution in [2.24, 2.45) is 5.16 Å². The van der Waals surface area contributed by atoms with E-state index in [4.69, 9.17) is 9.94 Å². The molecule has 1 N–H and O–H groups in total. The molecule has 0 aromatic heterocycles. The molecule has 0 amide bonds. The van der Waals surface area contributed by atoms with Crippen LogP contribution in [-0.2, 0) is 0 Å². The molecule has 0 heterocycles. The van der Waals surface area contributed by atoms with Crippen LogP contribution < -0.4 is 4.74 Å². The van der Waals surface area contributed by atoms with Crippen LogP contribution in [0, 0.1) is 5.82 Å². The van der Waals surface area contributed by atoms with Gasteiger partial charge in [0.15, 0.2) is 0 Å². The molecule has 0 radical (unpaired) electrons. The van der Waals surface area contributed by atoms with Gasteiger partial charge in [-0.2, -0.15) is 0 Å². The molecule has 1 fully saturated rings. The Morgan fingerprint density at radius 1 is 1.50 bits per heavy atom. The summed E-state index contributed by atoms with van der Waals surface area (Å²) in [5.74, 6) is 0.0330. The average Bonchev–Trinajstić information content (AvgIpc) is 2.17. The molecule has 0 bridgehead atoms. The van der Waals surface area contributed by atoms with E-state index in [1.165, 1.54) is 12.5 Å². The van der Waals surface area contributed by atoms with Crippen LogP contribution in [0.4, 0.5) is 4.39 Å². The molecule has 1 saturated carbocycles. The normalized spacial score (nSPS) is 16.4. The summed E-state index contributed by atoms with van der Waals surface area (Å²) in [6.45, 7) is 0. The van der Waals surface area contributed by atoms with E-state index in [9.17, 15) is 4.39 Å². The maximum absolute atomic E-state index is 13.6. The highest BCUT2D eigenvalue weighted by Crippen LogP contribution is 2.29. The minimum Gasteiger partial charge on any atom is -0.490 e. The first-order chi connectivity index (χ1) is 7.70. The molecule has 1 aliphatic rings. The summed E-state index contributed by atoms with van der Waals surface area (Å²) in [6, 6.07) is 2.98. The minimum absolute atomic E-state index is 0.212. The molecule has 1 aromatic rings. The van der Waals surface area contributed by atoms with Crippen molar-refractivity contribution < 1.29 is 14.3 Å². The van der Waals surface area contributed by atoms with Crippen molar-refractivity contribution in [3.05, 3.63) is 28.0 Å². The predicted molar refractivity (Wildman–Crippen MR) is 61.7 cm³/mol. The van der Waals surface area contributed by atoms with Crippen LogP contribution in [0.25, 0.3) is 0 Å². The Morgan fingerprint density at radius 2 is 2.25 bits per heavy atom. The molecular weight excluding hydrogens is 277 g/mol. The third-order valence-electron chi connectivity index (χ3n) is 2.59. The zero-order valence-electron chi connectivity index (χ0n) is 8.49. The van der Waals surface area contributed by atoms with Gasteiger partial charge in [-0.15, -0.1) is 0 Å². The SMILES string of the molecule is O/N=C/c1c(F)cc(OC2CCC2)cc1Br. The summed E-state index contributed by atoms with van der Waals surface area (Å²) < 4.78 is 19.6. The van der Waals surface area contributed by atoms with Crippen LogP contribution in [0.5, 0.6) is 5.75 Å². The fraction of sp³-hybridized carbons (Fsp3) is 0.364. The Hall–Kier alpha value is -1.10. The van der Waals surface area contributed by atoms with Crippen molar-refractivity contribution in [3.63, 3.8) is 0 Å². The van der Waals surface area contributed by atoms with E-state index < -0.39 is 5.82 Å². The lowest BCUT2D eigenvalue weighted by Crippen LogP contribution is -2.24. The molecule has 0 unspecified atom stereocenters. The Balaban J connectivity index is 2.21. The summed E-state index contributed by atoms with van der Waals surface area (Å²) >= 11 is 3.21. The lowest BCUT2D eigenvalue weighted by atomic mass is 9.96. The molecule has 1 aliphatic carbocycles. The Bertz CT molecular complexity index is 395. The number of ether oxygens (including phenoxy) is 1. The molecule has 0 spiro atoms. The van der Waals surface area contributed by atoms with Crippen molar-refractivity contribution in [1.82, 2.24) is 0 Å². The highest BCUT2D eigenvalue weighted by atomic mass is 79.9. The van der Waals surface area contributed by atoms with Crippen molar-refractivity contribution in [2.45, 2.75) is 25.4 Å². The number of halogens is 2. The number of nitrogens with zero attached hydrogens (tertiary/aromatic N) is 1. The van der Waals surface area contributed by atoms with E-state index >= 15 is 0 Å². The molecule has 1 aromatic carbocycles. The second-order valence-electron chi connectivity index (χ2n) is 3.72. The second kappa shape index (κ2) is 4.82. The van der Waals surface area contributed by atoms with Crippen molar-refractivity contribution in [3.8, 4) is 5.75 Å². The van der Waals surface area contributed by atoms with Gasteiger partial charge >= 0.3 is 0 Å². The van der Waals surface area contributed by atoms with Crippen LogP contribution in [0.3, 0.4) is 0 Å². The molecular formula is C11H11BrFNO2. The standard InChI is InChI=1S/C11H11BrFNO2/c12-10-4-8(16-7-2-1-3-7)5-11(13)9(10)6-14-15/h4-7,15H,1-3H2/b14-6+. The van der Waals surface area contributed by atoms with Gasteiger partial charge in [0.05, 0.1) is 12.3 Å². The third kappa shape index (κ3) is 2.35. The van der Waals surface area contributed by atoms with Crippen molar-refractivity contribution in [2.75, 3.05) is 0 Å². The van der Waals surface area contributed by atoms with E-state index in [0.29, 0.717) is 10.2 Å². The smallest absolute Gasteiger partial charge is 0.136 e. The van der Waals surface area contributed by atoms with Crippen LogP contribution in [-0.4, -0.2) is 17.5 Å². The van der Waals surface area contributed by atoms with Crippen LogP contribution >= 0.6 is 15.9 Å². The first kappa shape index (κ1) is 11.4. The predicted octanol–water partition coefficient (Wildman–Crippen LogP) is 3.33. The van der Waals surface area contributed by atoms with Gasteiger partial charge in [0.1, 0.15) is 11.6 Å². The molecule has 3 nitrogen and oxygen atoms in total. The summed E-state index contributed by atoms with van der Waals surface area (Å²) in [7, 11) is 0. The summed E-state index contributed by atoms with van der Waals surface area (Å²) in [4.78, 5) is 0. The van der Waals surface area contributed by atoms with Gasteiger partial charge in [-0.3, -0.25) is 0 Å². The number of benzene rings is 1. The first-order valence-corrected chi connectivity index (χ1v) is 5.83. The monoisotopic (exact) mass is 287 g/mol. The van der Waals surface area contributed by atoms with E-state index in [-0.39, 0.29) is 11.7 Å². The van der Waals surface area contributed by atoms with Crippen molar-refractivity contribution >= 4 is 22.1 Å². The molecule has 0 aliphatic heterocycles. The molecule has 2 rings (SSSR count). The first-order valence-electron chi connectivity index (χ1n) is 5.04. The number of hydrogen-bond acceptors (Lipinski definition) is 3. The molecule has 16 heavy (non-hydrogen) atoms. The highest BCUT2D eigenvalue weighted by molar-refractivity contribution is 9.10. The van der Waals surface area contributed by atoms with E-state index in [0.717, 1.165) is 19.1 Å². The lowest BCUT2D eigenvalue weighted by molar-refractivity contribution is 0.120. The maximum Gasteiger partial charge on any atom is 0.136 e. The van der Waals surface area contributed by atoms with E-state index in [2.05, 4.69) is 21.1 Å². The fourth-order valence-electron chi connectivity index (χ4n) is 1.49. The third-order valence-corrected chi connectivity index (χ3v) is 3.25. The Kier molecular flexibility index (Phi) is 3.43. The topological polar surface area (TPSA) is 41.8 Å². The summed E-state index contributed by atoms with van der Waals surface area (Å²) in [6.07, 6.45) is 4.48. The second-order valence-corrected chi connectivity index (χ2v) is 4.57. The van der Waals surface area contributed by atoms with Crippen LogP contribution in [0.1, 0.15) is 24.8 Å². The lowest BCUT2D eigenvalue weighted by Gasteiger charge is -2.26. The zero-order chi connectivity index (χ0) is 11.5. The van der Waals surface area contributed by atoms with Gasteiger partial charge in [-0.1, -0.05) is 5.16 Å². The largest absolute Gasteiger partial charge is 0.490 e. The fourth-order valence-corrected chi connectivity index (χ4v) is 2.01. The summed E-state index contributed by atoms with van der Waals surface area (Å²) in [5, 5.41) is 11.2. The Morgan fingerprint density at radius 3 is 2.75 bits per heavy atom. The molecule has 5 heteroatoms. The average molecular weight is 288 g/mol. The highest BCUT2D eigenvalue weighted by Gasteiger charge is 2.20. The van der Waals surface area contributed by atoms with Gasteiger partial charge in [0, 0.05) is 16.1 Å². The molecule has 0 atom stereocenters. The van der Waals surface area contributed by atoms with Crippen molar-refractivity contribution in [1.29, 1.82) is 0 Å². The minimum atomic E-state index is -0.471. The Labute approximate surface area is 101 Å². The van der Waals surface area contributed by atoms with Gasteiger partial charge in [-0.05, 0) is 41.3 Å². The quantitative estimate of drug-likeness (QED) is 0.526. The molecule has 86 valence electrons. The van der Waals surface area contributed by atoms with Gasteiger partial charge < -0.3 is 9.94 Å². The molecule has 0 saturated heterocycles. The van der Waals surface area contributed by atoms with E-state index in [1.807, 2.05) is 0 Å². The maximum atomic E-state index is 13.6. The van der Waals surface area contributed by atoms with Gasteiger partial charge in [0.25, 0.3) is 0 Å². The number of hydrogen-bond donors (Lipinski definition) is 1. The zero-order valence-corrected chi connectivity index (χ0v) is 10.1. The van der Waals surface area contributed by atoms with E-state index in [1.54, 1.807) is 6.07 Å². The number of rotatable bonds is 3. The van der Waals surface area contributed by atoms with Gasteiger partial charge in [-0.25, -0.2) is 4.39 Å². The summed E-state index contributed by atoms with van der Waals surface area (Å²) in [5.41, 5.74) is 0.212. The number of oxime groups is 1. The van der Waals surface area contributed by atoms with Gasteiger partial charge in [0.2, 0.25) is 0 Å².